The second-order valence-electron chi connectivity index (χ2n) is 7.29. The number of aryl methyl sites for hydroxylation is 3. The first-order chi connectivity index (χ1) is 13.3. The number of anilines is 2. The van der Waals surface area contributed by atoms with Crippen LogP contribution in [0.25, 0.3) is 0 Å². The minimum absolute atomic E-state index is 0.0247. The number of benzene rings is 1. The van der Waals surface area contributed by atoms with Crippen LogP contribution in [0.2, 0.25) is 0 Å². The van der Waals surface area contributed by atoms with E-state index in [-0.39, 0.29) is 23.3 Å². The molecule has 146 valence electrons. The molecule has 1 N–H and O–H groups in total. The molecule has 0 atom stereocenters. The van der Waals surface area contributed by atoms with E-state index in [4.69, 9.17) is 4.42 Å². The van der Waals surface area contributed by atoms with Crippen LogP contribution in [0, 0.1) is 38.0 Å². The highest BCUT2D eigenvalue weighted by atomic mass is 16.4. The number of amides is 1. The molecule has 0 saturated carbocycles. The Morgan fingerprint density at radius 1 is 1.21 bits per heavy atom. The fraction of sp³-hybridized carbons (Fsp3) is 0.429. The molecular weight excluding hydrogens is 356 g/mol. The molecule has 1 aliphatic rings. The summed E-state index contributed by atoms with van der Waals surface area (Å²) in [6, 6.07) is 5.73. The zero-order chi connectivity index (χ0) is 20.4. The van der Waals surface area contributed by atoms with Crippen molar-refractivity contribution in [3.05, 3.63) is 40.4 Å². The molecule has 0 radical (unpaired) electrons. The van der Waals surface area contributed by atoms with Crippen molar-refractivity contribution < 1.29 is 14.0 Å². The van der Waals surface area contributed by atoms with Crippen molar-refractivity contribution >= 4 is 23.3 Å². The van der Waals surface area contributed by atoms with Gasteiger partial charge in [-0.15, -0.1) is 0 Å². The van der Waals surface area contributed by atoms with Gasteiger partial charge in [0.2, 0.25) is 17.5 Å². The third-order valence-electron chi connectivity index (χ3n) is 5.13. The second kappa shape index (κ2) is 7.85. The molecule has 7 nitrogen and oxygen atoms in total. The molecule has 0 bridgehead atoms. The van der Waals surface area contributed by atoms with Gasteiger partial charge in [-0.1, -0.05) is 0 Å². The number of Topliss-reactive ketones (excluding diaryl/α,β-unsaturated/α-hetero) is 1. The zero-order valence-electron chi connectivity index (χ0n) is 16.6. The van der Waals surface area contributed by atoms with Crippen molar-refractivity contribution in [2.75, 3.05) is 23.3 Å². The maximum Gasteiger partial charge on any atom is 0.234 e. The molecule has 0 spiro atoms. The van der Waals surface area contributed by atoms with Gasteiger partial charge in [-0.25, -0.2) is 4.98 Å². The maximum absolute atomic E-state index is 12.7. The molecule has 0 aliphatic carbocycles. The van der Waals surface area contributed by atoms with E-state index < -0.39 is 0 Å². The number of piperidine rings is 1. The van der Waals surface area contributed by atoms with Crippen molar-refractivity contribution in [2.45, 2.75) is 40.5 Å². The summed E-state index contributed by atoms with van der Waals surface area (Å²) in [5, 5.41) is 12.2. The van der Waals surface area contributed by atoms with E-state index in [1.807, 2.05) is 30.9 Å². The Morgan fingerprint density at radius 3 is 2.36 bits per heavy atom. The van der Waals surface area contributed by atoms with Gasteiger partial charge in [-0.2, -0.15) is 5.26 Å². The highest BCUT2D eigenvalue weighted by Gasteiger charge is 2.28. The molecular formula is C21H24N4O3. The highest BCUT2D eigenvalue weighted by molar-refractivity contribution is 5.99. The van der Waals surface area contributed by atoms with Gasteiger partial charge in [0.1, 0.15) is 6.07 Å². The Balaban J connectivity index is 1.64. The number of carbonyl (C=O) groups excluding carboxylic acids is 2. The molecule has 2 aromatic rings. The molecule has 1 aliphatic heterocycles. The third kappa shape index (κ3) is 3.91. The molecule has 28 heavy (non-hydrogen) atoms. The standard InChI is InChI=1S/C21H24N4O3/c1-12-9-17(10-13(2)19(12)14(3)26)24-20(27)16-5-7-25(8-6-16)21-18(11-22)23-15(4)28-21/h9-10,16H,5-8H2,1-4H3,(H,24,27). The quantitative estimate of drug-likeness (QED) is 0.815. The van der Waals surface area contributed by atoms with E-state index in [0.29, 0.717) is 49.0 Å². The van der Waals surface area contributed by atoms with Crippen LogP contribution in [0.15, 0.2) is 16.5 Å². The summed E-state index contributed by atoms with van der Waals surface area (Å²) in [7, 11) is 0. The fourth-order valence-electron chi connectivity index (χ4n) is 3.88. The lowest BCUT2D eigenvalue weighted by molar-refractivity contribution is -0.120. The van der Waals surface area contributed by atoms with Crippen molar-refractivity contribution in [3.8, 4) is 6.07 Å². The summed E-state index contributed by atoms with van der Waals surface area (Å²) in [6.07, 6.45) is 1.33. The van der Waals surface area contributed by atoms with Gasteiger partial charge < -0.3 is 14.6 Å². The van der Waals surface area contributed by atoms with Gasteiger partial charge in [0, 0.05) is 37.2 Å². The average molecular weight is 380 g/mol. The normalized spacial score (nSPS) is 14.6. The SMILES string of the molecule is CC(=O)c1c(C)cc(NC(=O)C2CCN(c3oc(C)nc3C#N)CC2)cc1C. The van der Waals surface area contributed by atoms with Gasteiger partial charge in [-0.3, -0.25) is 9.59 Å². The monoisotopic (exact) mass is 380 g/mol. The summed E-state index contributed by atoms with van der Waals surface area (Å²) >= 11 is 0. The summed E-state index contributed by atoms with van der Waals surface area (Å²) in [5.74, 6) is 0.845. The van der Waals surface area contributed by atoms with Crippen LogP contribution < -0.4 is 10.2 Å². The minimum Gasteiger partial charge on any atom is -0.424 e. The number of nitrogens with one attached hydrogen (secondary N) is 1. The number of oxazole rings is 1. The lowest BCUT2D eigenvalue weighted by Crippen LogP contribution is -2.38. The summed E-state index contributed by atoms with van der Waals surface area (Å²) in [4.78, 5) is 30.5. The lowest BCUT2D eigenvalue weighted by atomic mass is 9.95. The Labute approximate surface area is 164 Å². The summed E-state index contributed by atoms with van der Waals surface area (Å²) in [5.41, 5.74) is 3.44. The Morgan fingerprint density at radius 2 is 1.82 bits per heavy atom. The maximum atomic E-state index is 12.7. The third-order valence-corrected chi connectivity index (χ3v) is 5.13. The van der Waals surface area contributed by atoms with Gasteiger partial charge in [0.15, 0.2) is 11.7 Å². The fourth-order valence-corrected chi connectivity index (χ4v) is 3.88. The predicted octanol–water partition coefficient (Wildman–Crippen LogP) is 3.53. The first-order valence-electron chi connectivity index (χ1n) is 9.35. The number of rotatable bonds is 4. The average Bonchev–Trinajstić information content (AvgIpc) is 3.01. The summed E-state index contributed by atoms with van der Waals surface area (Å²) in [6.45, 7) is 8.28. The van der Waals surface area contributed by atoms with Crippen molar-refractivity contribution in [2.24, 2.45) is 5.92 Å². The predicted molar refractivity (Wildman–Crippen MR) is 105 cm³/mol. The van der Waals surface area contributed by atoms with Crippen LogP contribution in [0.4, 0.5) is 11.6 Å². The van der Waals surface area contributed by atoms with Crippen LogP contribution in [-0.4, -0.2) is 29.8 Å². The molecule has 2 heterocycles. The molecule has 7 heteroatoms. The number of hydrogen-bond donors (Lipinski definition) is 1. The van der Waals surface area contributed by atoms with E-state index in [2.05, 4.69) is 16.4 Å². The first kappa shape index (κ1) is 19.6. The zero-order valence-corrected chi connectivity index (χ0v) is 16.6. The molecule has 1 aromatic heterocycles. The summed E-state index contributed by atoms with van der Waals surface area (Å²) < 4.78 is 5.56. The van der Waals surface area contributed by atoms with Crippen LogP contribution in [0.5, 0.6) is 0 Å². The van der Waals surface area contributed by atoms with Gasteiger partial charge in [0.05, 0.1) is 0 Å². The van der Waals surface area contributed by atoms with Crippen LogP contribution in [0.1, 0.15) is 52.8 Å². The number of hydrogen-bond acceptors (Lipinski definition) is 6. The number of aromatic nitrogens is 1. The number of ketones is 1. The molecule has 3 rings (SSSR count). The van der Waals surface area contributed by atoms with Crippen molar-refractivity contribution in [1.82, 2.24) is 4.98 Å². The molecule has 1 saturated heterocycles. The molecule has 0 unspecified atom stereocenters. The molecule has 1 amide bonds. The van der Waals surface area contributed by atoms with Crippen LogP contribution in [0.3, 0.4) is 0 Å². The molecule has 1 aromatic carbocycles. The number of nitriles is 1. The van der Waals surface area contributed by atoms with E-state index in [1.54, 1.807) is 13.8 Å². The van der Waals surface area contributed by atoms with E-state index in [9.17, 15) is 14.9 Å². The Bertz CT molecular complexity index is 940. The molecule has 1 fully saturated rings. The van der Waals surface area contributed by atoms with Gasteiger partial charge in [0.25, 0.3) is 0 Å². The smallest absolute Gasteiger partial charge is 0.234 e. The van der Waals surface area contributed by atoms with E-state index in [1.165, 1.54) is 0 Å². The van der Waals surface area contributed by atoms with E-state index >= 15 is 0 Å². The topological polar surface area (TPSA) is 99.2 Å². The minimum atomic E-state index is -0.112. The second-order valence-corrected chi connectivity index (χ2v) is 7.29. The number of carbonyl (C=O) groups is 2. The van der Waals surface area contributed by atoms with Crippen molar-refractivity contribution in [1.29, 1.82) is 5.26 Å². The van der Waals surface area contributed by atoms with Gasteiger partial charge >= 0.3 is 0 Å². The van der Waals surface area contributed by atoms with Crippen LogP contribution in [-0.2, 0) is 4.79 Å². The highest BCUT2D eigenvalue weighted by Crippen LogP contribution is 2.28. The number of nitrogens with zero attached hydrogens (tertiary/aromatic N) is 3. The Hall–Kier alpha value is -3.14. The lowest BCUT2D eigenvalue weighted by Gasteiger charge is -2.31. The van der Waals surface area contributed by atoms with Crippen molar-refractivity contribution in [3.63, 3.8) is 0 Å². The first-order valence-corrected chi connectivity index (χ1v) is 9.35. The van der Waals surface area contributed by atoms with E-state index in [0.717, 1.165) is 11.1 Å². The van der Waals surface area contributed by atoms with Gasteiger partial charge in [-0.05, 0) is 56.9 Å². The van der Waals surface area contributed by atoms with Crippen LogP contribution >= 0.6 is 0 Å². The Kier molecular flexibility index (Phi) is 5.50. The largest absolute Gasteiger partial charge is 0.424 e.